The molecule has 1 heterocycles. The molecule has 0 aliphatic carbocycles. The van der Waals surface area contributed by atoms with Crippen LogP contribution in [0.15, 0.2) is 24.3 Å². The average molecular weight is 370 g/mol. The topological polar surface area (TPSA) is 92.8 Å². The Morgan fingerprint density at radius 2 is 1.96 bits per heavy atom. The summed E-state index contributed by atoms with van der Waals surface area (Å²) in [6, 6.07) is 6.93. The molecule has 0 spiro atoms. The van der Waals surface area contributed by atoms with Crippen LogP contribution < -0.4 is 13.3 Å². The molecule has 9 heteroatoms. The van der Waals surface area contributed by atoms with Crippen molar-refractivity contribution in [3.05, 3.63) is 24.3 Å². The molecular formula is C16H24N3O5S+. The number of rotatable bonds is 7. The van der Waals surface area contributed by atoms with E-state index in [1.165, 1.54) is 14.0 Å². The van der Waals surface area contributed by atoms with E-state index in [2.05, 4.69) is 4.72 Å². The highest BCUT2D eigenvalue weighted by atomic mass is 32.2. The Balaban J connectivity index is 2.44. The molecule has 0 saturated carbocycles. The number of piperazine rings is 1. The van der Waals surface area contributed by atoms with Crippen molar-refractivity contribution in [2.75, 3.05) is 39.8 Å². The van der Waals surface area contributed by atoms with Crippen LogP contribution in [0.4, 0.5) is 5.69 Å². The molecular weight excluding hydrogens is 346 g/mol. The lowest BCUT2D eigenvalue weighted by atomic mass is 10.2. The second-order valence-electron chi connectivity index (χ2n) is 5.94. The molecule has 1 aliphatic heterocycles. The standard InChI is InChI=1S/C16H23N3O5S/c1-14(21)17-25(22,23)19(15-6-3-4-7-16(15)24-2)11-9-18(10-12-19)8-5-13-20/h3-4,6-7,13H,5,8-12H2,1-2H3/p+1. The Hall–Kier alpha value is -1.97. The number of para-hydroxylation sites is 2. The van der Waals surface area contributed by atoms with Crippen LogP contribution in [0.5, 0.6) is 5.75 Å². The van der Waals surface area contributed by atoms with Crippen molar-refractivity contribution in [1.29, 1.82) is 0 Å². The van der Waals surface area contributed by atoms with Crippen LogP contribution in [-0.4, -0.2) is 65.3 Å². The second-order valence-corrected chi connectivity index (χ2v) is 7.79. The van der Waals surface area contributed by atoms with Crippen LogP contribution in [0.25, 0.3) is 0 Å². The van der Waals surface area contributed by atoms with E-state index in [1.54, 1.807) is 24.3 Å². The number of nitrogens with one attached hydrogen (secondary N) is 1. The van der Waals surface area contributed by atoms with Crippen molar-refractivity contribution in [2.24, 2.45) is 0 Å². The molecule has 0 bridgehead atoms. The second kappa shape index (κ2) is 7.94. The number of methoxy groups -OCH3 is 1. The lowest BCUT2D eigenvalue weighted by Gasteiger charge is -2.42. The van der Waals surface area contributed by atoms with Gasteiger partial charge in [-0.05, 0) is 6.07 Å². The SMILES string of the molecule is COc1ccccc1[N+]1(S(=O)(=O)NC(C)=O)CCN(CCC=O)CC1. The zero-order valence-corrected chi connectivity index (χ0v) is 15.3. The van der Waals surface area contributed by atoms with Crippen LogP contribution in [0.2, 0.25) is 0 Å². The molecule has 1 N–H and O–H groups in total. The molecule has 0 radical (unpaired) electrons. The van der Waals surface area contributed by atoms with Crippen LogP contribution in [-0.2, 0) is 19.8 Å². The van der Waals surface area contributed by atoms with Crippen molar-refractivity contribution in [3.63, 3.8) is 0 Å². The summed E-state index contributed by atoms with van der Waals surface area (Å²) in [5, 5.41) is 0. The third-order valence-electron chi connectivity index (χ3n) is 4.38. The normalized spacial score (nSPS) is 17.7. The lowest BCUT2D eigenvalue weighted by Crippen LogP contribution is -2.67. The number of benzene rings is 1. The predicted molar refractivity (Wildman–Crippen MR) is 94.4 cm³/mol. The number of nitrogens with zero attached hydrogens (tertiary/aromatic N) is 2. The maximum atomic E-state index is 13.0. The zero-order valence-electron chi connectivity index (χ0n) is 14.5. The number of hydrogen-bond donors (Lipinski definition) is 1. The highest BCUT2D eigenvalue weighted by molar-refractivity contribution is 7.89. The van der Waals surface area contributed by atoms with Crippen LogP contribution in [0, 0.1) is 0 Å². The largest absolute Gasteiger partial charge is 0.491 e. The summed E-state index contributed by atoms with van der Waals surface area (Å²) in [4.78, 5) is 24.1. The minimum Gasteiger partial charge on any atom is -0.491 e. The Kier molecular flexibility index (Phi) is 6.15. The first kappa shape index (κ1) is 19.4. The van der Waals surface area contributed by atoms with E-state index in [4.69, 9.17) is 4.74 Å². The molecule has 0 aromatic heterocycles. The summed E-state index contributed by atoms with van der Waals surface area (Å²) in [5.41, 5.74) is 0.494. The van der Waals surface area contributed by atoms with Gasteiger partial charge in [-0.25, -0.2) is 4.72 Å². The van der Waals surface area contributed by atoms with Gasteiger partial charge in [-0.1, -0.05) is 12.1 Å². The molecule has 2 rings (SSSR count). The van der Waals surface area contributed by atoms with Gasteiger partial charge in [0.2, 0.25) is 5.91 Å². The smallest absolute Gasteiger partial charge is 0.401 e. The van der Waals surface area contributed by atoms with E-state index in [0.29, 0.717) is 37.5 Å². The quantitative estimate of drug-likeness (QED) is 0.548. The highest BCUT2D eigenvalue weighted by Crippen LogP contribution is 2.37. The Morgan fingerprint density at radius 1 is 1.32 bits per heavy atom. The molecule has 1 amide bonds. The van der Waals surface area contributed by atoms with Gasteiger partial charge in [0.25, 0.3) is 0 Å². The fourth-order valence-electron chi connectivity index (χ4n) is 3.13. The minimum atomic E-state index is -4.01. The van der Waals surface area contributed by atoms with Crippen molar-refractivity contribution in [2.45, 2.75) is 13.3 Å². The van der Waals surface area contributed by atoms with Crippen LogP contribution in [0.1, 0.15) is 13.3 Å². The third-order valence-corrected chi connectivity index (χ3v) is 6.40. The van der Waals surface area contributed by atoms with Gasteiger partial charge in [-0.15, -0.1) is 0 Å². The van der Waals surface area contributed by atoms with E-state index >= 15 is 0 Å². The summed E-state index contributed by atoms with van der Waals surface area (Å²) in [7, 11) is -2.53. The van der Waals surface area contributed by atoms with Crippen molar-refractivity contribution >= 4 is 28.1 Å². The third kappa shape index (κ3) is 4.00. The van der Waals surface area contributed by atoms with Gasteiger partial charge in [0.15, 0.2) is 11.4 Å². The average Bonchev–Trinajstić information content (AvgIpc) is 2.59. The maximum absolute atomic E-state index is 13.0. The maximum Gasteiger partial charge on any atom is 0.401 e. The molecule has 1 aliphatic rings. The first-order valence-electron chi connectivity index (χ1n) is 8.06. The molecule has 1 aromatic rings. The van der Waals surface area contributed by atoms with E-state index in [0.717, 1.165) is 6.29 Å². The summed E-state index contributed by atoms with van der Waals surface area (Å²) in [6.45, 7) is 3.26. The number of amides is 1. The number of carbonyl (C=O) groups excluding carboxylic acids is 2. The fraction of sp³-hybridized carbons (Fsp3) is 0.500. The first-order valence-corrected chi connectivity index (χ1v) is 9.50. The van der Waals surface area contributed by atoms with E-state index < -0.39 is 20.0 Å². The molecule has 25 heavy (non-hydrogen) atoms. The minimum absolute atomic E-state index is 0.252. The van der Waals surface area contributed by atoms with Gasteiger partial charge in [0.1, 0.15) is 19.4 Å². The zero-order chi connectivity index (χ0) is 18.5. The van der Waals surface area contributed by atoms with Gasteiger partial charge in [-0.2, -0.15) is 12.3 Å². The van der Waals surface area contributed by atoms with Gasteiger partial charge in [0.05, 0.1) is 7.11 Å². The summed E-state index contributed by atoms with van der Waals surface area (Å²) in [5.74, 6) is -0.173. The van der Waals surface area contributed by atoms with Gasteiger partial charge >= 0.3 is 10.2 Å². The number of aldehydes is 1. The van der Waals surface area contributed by atoms with E-state index in [9.17, 15) is 18.0 Å². The van der Waals surface area contributed by atoms with Gasteiger partial charge < -0.3 is 9.53 Å². The van der Waals surface area contributed by atoms with E-state index in [1.807, 2.05) is 4.90 Å². The molecule has 8 nitrogen and oxygen atoms in total. The Morgan fingerprint density at radius 3 is 2.52 bits per heavy atom. The number of ether oxygens (including phenoxy) is 1. The highest BCUT2D eigenvalue weighted by Gasteiger charge is 2.49. The van der Waals surface area contributed by atoms with Crippen molar-refractivity contribution in [3.8, 4) is 5.75 Å². The number of quaternary nitrogens is 1. The first-order chi connectivity index (χ1) is 11.9. The number of hydrogen-bond acceptors (Lipinski definition) is 6. The predicted octanol–water partition coefficient (Wildman–Crippen LogP) is 0.288. The monoisotopic (exact) mass is 370 g/mol. The Labute approximate surface area is 148 Å². The molecule has 0 unspecified atom stereocenters. The van der Waals surface area contributed by atoms with Crippen molar-refractivity contribution in [1.82, 2.24) is 13.5 Å². The lowest BCUT2D eigenvalue weighted by molar-refractivity contribution is -0.117. The summed E-state index contributed by atoms with van der Waals surface area (Å²) < 4.78 is 33.1. The molecule has 138 valence electrons. The molecule has 1 saturated heterocycles. The molecule has 1 fully saturated rings. The van der Waals surface area contributed by atoms with E-state index in [-0.39, 0.29) is 13.1 Å². The van der Waals surface area contributed by atoms with Crippen LogP contribution in [0.3, 0.4) is 0 Å². The summed E-state index contributed by atoms with van der Waals surface area (Å²) in [6.07, 6.45) is 1.26. The molecule has 1 aromatic carbocycles. The van der Waals surface area contributed by atoms with Gasteiger partial charge in [0, 0.05) is 39.0 Å². The van der Waals surface area contributed by atoms with Crippen LogP contribution >= 0.6 is 0 Å². The molecule has 0 atom stereocenters. The van der Waals surface area contributed by atoms with Gasteiger partial charge in [-0.3, -0.25) is 9.69 Å². The fourth-order valence-corrected chi connectivity index (χ4v) is 4.73. The summed E-state index contributed by atoms with van der Waals surface area (Å²) >= 11 is 0. The van der Waals surface area contributed by atoms with Crippen molar-refractivity contribution < 1.29 is 22.7 Å². The Bertz CT molecular complexity index is 727. The number of carbonyl (C=O) groups is 2.